The van der Waals surface area contributed by atoms with Crippen molar-refractivity contribution in [1.82, 2.24) is 0 Å². The maximum Gasteiger partial charge on any atom is 0.692 e. The zero-order valence-corrected chi connectivity index (χ0v) is 8.76. The largest absolute Gasteiger partial charge is 0.692 e. The summed E-state index contributed by atoms with van der Waals surface area (Å²) in [5.41, 5.74) is 1.00. The lowest BCUT2D eigenvalue weighted by Gasteiger charge is -2.05. The molecule has 0 heterocycles. The number of aliphatic hydroxyl groups is 1. The summed E-state index contributed by atoms with van der Waals surface area (Å²) in [7, 11) is -2.87. The predicted octanol–water partition coefficient (Wildman–Crippen LogP) is 1.76. The van der Waals surface area contributed by atoms with Crippen molar-refractivity contribution in [1.29, 1.82) is 0 Å². The Morgan fingerprint density at radius 3 is 2.07 bits per heavy atom. The van der Waals surface area contributed by atoms with Crippen LogP contribution in [0.15, 0.2) is 30.3 Å². The van der Waals surface area contributed by atoms with Gasteiger partial charge in [0.25, 0.3) is 0 Å². The van der Waals surface area contributed by atoms with Crippen molar-refractivity contribution in [3.8, 4) is 0 Å². The van der Waals surface area contributed by atoms with Gasteiger partial charge in [-0.2, -0.15) is 0 Å². The Bertz CT molecular complexity index is 259. The molecule has 0 aliphatic carbocycles. The molecule has 0 bridgehead atoms. The number of hydrogen-bond acceptors (Lipinski definition) is 2. The van der Waals surface area contributed by atoms with Gasteiger partial charge in [0.2, 0.25) is 0 Å². The molecule has 0 spiro atoms. The van der Waals surface area contributed by atoms with E-state index in [0.29, 0.717) is 0 Å². The Hall–Kier alpha value is -0.800. The first-order valence-corrected chi connectivity index (χ1v) is 5.32. The highest BCUT2D eigenvalue weighted by atomic mass is 31.1. The first kappa shape index (κ1) is 13.2. The molecule has 1 aromatic rings. The summed E-state index contributed by atoms with van der Waals surface area (Å²) in [5, 5.41) is 9.33. The van der Waals surface area contributed by atoms with Crippen molar-refractivity contribution < 1.29 is 19.5 Å². The number of rotatable bonds is 2. The average Bonchev–Trinajstić information content (AvgIpc) is 2.17. The van der Waals surface area contributed by atoms with E-state index in [9.17, 15) is 5.11 Å². The monoisotopic (exact) mass is 217 g/mol. The van der Waals surface area contributed by atoms with Crippen LogP contribution in [0.1, 0.15) is 25.0 Å². The van der Waals surface area contributed by atoms with Crippen LogP contribution < -0.4 is 0 Å². The van der Waals surface area contributed by atoms with E-state index in [1.807, 2.05) is 37.3 Å². The molecule has 5 heteroatoms. The summed E-state index contributed by atoms with van der Waals surface area (Å²) < 4.78 is 8.70. The van der Waals surface area contributed by atoms with Crippen LogP contribution in [0.3, 0.4) is 0 Å². The molecule has 0 aromatic heterocycles. The lowest BCUT2D eigenvalue weighted by Crippen LogP contribution is -1.93. The Kier molecular flexibility index (Phi) is 7.16. The molecular weight excluding hydrogens is 203 g/mol. The molecule has 0 fully saturated rings. The van der Waals surface area contributed by atoms with Crippen molar-refractivity contribution in [3.05, 3.63) is 35.9 Å². The first-order valence-electron chi connectivity index (χ1n) is 4.16. The molecule has 78 valence electrons. The second kappa shape index (κ2) is 7.59. The number of benzene rings is 1. The van der Waals surface area contributed by atoms with Crippen LogP contribution >= 0.6 is 8.25 Å². The lowest BCUT2D eigenvalue weighted by molar-refractivity contribution is 0.173. The first-order chi connectivity index (χ1) is 6.57. The lowest BCUT2D eigenvalue weighted by atomic mass is 10.1. The van der Waals surface area contributed by atoms with Crippen molar-refractivity contribution in [2.45, 2.75) is 19.4 Å². The van der Waals surface area contributed by atoms with E-state index in [1.165, 1.54) is 0 Å². The van der Waals surface area contributed by atoms with Crippen molar-refractivity contribution in [2.75, 3.05) is 0 Å². The topological polar surface area (TPSA) is 77.8 Å². The Labute approximate surface area is 83.8 Å². The third-order valence-corrected chi connectivity index (χ3v) is 1.57. The van der Waals surface area contributed by atoms with Crippen LogP contribution in [-0.4, -0.2) is 14.9 Å². The molecule has 1 atom stereocenters. The minimum Gasteiger partial charge on any atom is -0.388 e. The Morgan fingerprint density at radius 1 is 1.29 bits per heavy atom. The van der Waals surface area contributed by atoms with Crippen LogP contribution in [0.25, 0.3) is 0 Å². The molecule has 0 amide bonds. The molecule has 14 heavy (non-hydrogen) atoms. The predicted molar refractivity (Wildman–Crippen MR) is 53.7 cm³/mol. The molecule has 1 aromatic carbocycles. The van der Waals surface area contributed by atoms with Gasteiger partial charge < -0.3 is 5.11 Å². The van der Waals surface area contributed by atoms with Crippen molar-refractivity contribution in [2.24, 2.45) is 0 Å². The molecular formula is C9H14O4P+. The van der Waals surface area contributed by atoms with Gasteiger partial charge in [0.15, 0.2) is 0 Å². The van der Waals surface area contributed by atoms with Gasteiger partial charge in [0, 0.05) is 4.57 Å². The third-order valence-electron chi connectivity index (χ3n) is 1.57. The van der Waals surface area contributed by atoms with Crippen LogP contribution in [0.4, 0.5) is 0 Å². The molecule has 4 nitrogen and oxygen atoms in total. The number of hydrogen-bond donors (Lipinski definition) is 3. The van der Waals surface area contributed by atoms with Gasteiger partial charge in [-0.25, -0.2) is 0 Å². The van der Waals surface area contributed by atoms with Gasteiger partial charge in [-0.3, -0.25) is 0 Å². The Morgan fingerprint density at radius 2 is 1.71 bits per heavy atom. The van der Waals surface area contributed by atoms with E-state index in [4.69, 9.17) is 14.4 Å². The zero-order valence-electron chi connectivity index (χ0n) is 7.87. The van der Waals surface area contributed by atoms with Gasteiger partial charge in [0.05, 0.1) is 6.10 Å². The van der Waals surface area contributed by atoms with E-state index >= 15 is 0 Å². The summed E-state index contributed by atoms with van der Waals surface area (Å²) in [5.74, 6) is 0. The SMILES string of the molecule is CCC(O)c1ccccc1.O=[P+](O)O. The minimum absolute atomic E-state index is 0.291. The van der Waals surface area contributed by atoms with Gasteiger partial charge in [0.1, 0.15) is 0 Å². The van der Waals surface area contributed by atoms with Crippen LogP contribution in [0.2, 0.25) is 0 Å². The van der Waals surface area contributed by atoms with Gasteiger partial charge in [-0.05, 0) is 12.0 Å². The fourth-order valence-electron chi connectivity index (χ4n) is 0.911. The Balaban J connectivity index is 0.000000364. The standard InChI is InChI=1S/C9H12O.HO3P/c1-2-9(10)8-6-4-3-5-7-8;1-4(2)3/h3-7,9-10H,2H2,1H3;(H-,1,2,3)/p+1. The molecule has 0 aliphatic heterocycles. The molecule has 1 unspecified atom stereocenters. The highest BCUT2D eigenvalue weighted by molar-refractivity contribution is 7.30. The van der Waals surface area contributed by atoms with Crippen LogP contribution in [0, 0.1) is 0 Å². The van der Waals surface area contributed by atoms with E-state index < -0.39 is 8.25 Å². The van der Waals surface area contributed by atoms with E-state index in [0.717, 1.165) is 12.0 Å². The highest BCUT2D eigenvalue weighted by Gasteiger charge is 2.00. The minimum atomic E-state index is -2.87. The van der Waals surface area contributed by atoms with E-state index in [1.54, 1.807) is 0 Å². The zero-order chi connectivity index (χ0) is 11.0. The molecule has 0 saturated heterocycles. The van der Waals surface area contributed by atoms with Crippen molar-refractivity contribution in [3.63, 3.8) is 0 Å². The maximum absolute atomic E-state index is 9.33. The summed E-state index contributed by atoms with van der Waals surface area (Å²) in [6.07, 6.45) is 0.491. The highest BCUT2D eigenvalue weighted by Crippen LogP contribution is 2.14. The molecule has 3 N–H and O–H groups in total. The summed E-state index contributed by atoms with van der Waals surface area (Å²) in [6, 6.07) is 9.70. The normalized spacial score (nSPS) is 11.1. The van der Waals surface area contributed by atoms with E-state index in [2.05, 4.69) is 0 Å². The molecule has 0 aliphatic rings. The molecule has 1 rings (SSSR count). The second-order valence-corrected chi connectivity index (χ2v) is 3.09. The van der Waals surface area contributed by atoms with Gasteiger partial charge in [-0.1, -0.05) is 37.3 Å². The van der Waals surface area contributed by atoms with Crippen LogP contribution in [-0.2, 0) is 4.57 Å². The smallest absolute Gasteiger partial charge is 0.388 e. The van der Waals surface area contributed by atoms with E-state index in [-0.39, 0.29) is 6.10 Å². The fourth-order valence-corrected chi connectivity index (χ4v) is 0.911. The third kappa shape index (κ3) is 6.69. The van der Waals surface area contributed by atoms with Gasteiger partial charge >= 0.3 is 8.25 Å². The van der Waals surface area contributed by atoms with Crippen LogP contribution in [0.5, 0.6) is 0 Å². The quantitative estimate of drug-likeness (QED) is 0.659. The fraction of sp³-hybridized carbons (Fsp3) is 0.333. The molecule has 0 saturated carbocycles. The maximum atomic E-state index is 9.33. The second-order valence-electron chi connectivity index (χ2n) is 2.59. The van der Waals surface area contributed by atoms with Gasteiger partial charge in [-0.15, -0.1) is 9.79 Å². The molecule has 0 radical (unpaired) electrons. The van der Waals surface area contributed by atoms with Crippen molar-refractivity contribution >= 4 is 8.25 Å². The summed E-state index contributed by atoms with van der Waals surface area (Å²) in [6.45, 7) is 1.97. The summed E-state index contributed by atoms with van der Waals surface area (Å²) >= 11 is 0. The number of aliphatic hydroxyl groups excluding tert-OH is 1. The summed E-state index contributed by atoms with van der Waals surface area (Å²) in [4.78, 5) is 14.2. The average molecular weight is 217 g/mol.